The molecule has 0 radical (unpaired) electrons. The first kappa shape index (κ1) is 13.3. The van der Waals surface area contributed by atoms with Crippen molar-refractivity contribution >= 4 is 40.8 Å². The number of nitrogens with two attached hydrogens (primary N) is 1. The third-order valence-electron chi connectivity index (χ3n) is 1.93. The van der Waals surface area contributed by atoms with E-state index in [-0.39, 0.29) is 22.0 Å². The Morgan fingerprint density at radius 2 is 2.11 bits per heavy atom. The normalized spacial score (nSPS) is 10.0. The summed E-state index contributed by atoms with van der Waals surface area (Å²) >= 11 is 11.4. The number of rotatable bonds is 3. The standard InChI is InChI=1S/C10H7Cl2N5O2/c11-7-8(15-9(12)17-16-7)14-5-2-1-3-6(4-5)19-10(13)18/h1-4H,(H2,13,18)(H,14,15,17). The van der Waals surface area contributed by atoms with Crippen LogP contribution in [-0.4, -0.2) is 21.3 Å². The minimum Gasteiger partial charge on any atom is -0.410 e. The van der Waals surface area contributed by atoms with Gasteiger partial charge in [-0.2, -0.15) is 4.98 Å². The van der Waals surface area contributed by atoms with Crippen LogP contribution in [-0.2, 0) is 0 Å². The Balaban J connectivity index is 2.23. The third kappa shape index (κ3) is 3.67. The van der Waals surface area contributed by atoms with Gasteiger partial charge in [0.1, 0.15) is 5.75 Å². The Kier molecular flexibility index (Phi) is 3.98. The molecule has 2 rings (SSSR count). The predicted octanol–water partition coefficient (Wildman–Crippen LogP) is 2.38. The average molecular weight is 300 g/mol. The third-order valence-corrected chi connectivity index (χ3v) is 2.35. The first-order chi connectivity index (χ1) is 9.04. The Morgan fingerprint density at radius 3 is 2.84 bits per heavy atom. The van der Waals surface area contributed by atoms with E-state index in [0.29, 0.717) is 5.69 Å². The van der Waals surface area contributed by atoms with Crippen LogP contribution < -0.4 is 15.8 Å². The van der Waals surface area contributed by atoms with Gasteiger partial charge in [0.15, 0.2) is 11.0 Å². The first-order valence-corrected chi connectivity index (χ1v) is 5.70. The molecule has 0 fully saturated rings. The van der Waals surface area contributed by atoms with Crippen molar-refractivity contribution in [2.24, 2.45) is 5.73 Å². The molecule has 0 aliphatic heterocycles. The van der Waals surface area contributed by atoms with Crippen molar-refractivity contribution < 1.29 is 9.53 Å². The van der Waals surface area contributed by atoms with Crippen LogP contribution in [0.25, 0.3) is 0 Å². The second-order valence-electron chi connectivity index (χ2n) is 3.29. The molecule has 0 aliphatic rings. The van der Waals surface area contributed by atoms with Crippen LogP contribution in [0, 0.1) is 0 Å². The molecule has 1 amide bonds. The summed E-state index contributed by atoms with van der Waals surface area (Å²) in [5, 5.41) is 9.96. The minimum atomic E-state index is -0.901. The first-order valence-electron chi connectivity index (χ1n) is 4.94. The van der Waals surface area contributed by atoms with Crippen molar-refractivity contribution in [1.29, 1.82) is 0 Å². The number of hydrogen-bond donors (Lipinski definition) is 2. The van der Waals surface area contributed by atoms with E-state index in [1.165, 1.54) is 6.07 Å². The monoisotopic (exact) mass is 299 g/mol. The van der Waals surface area contributed by atoms with Gasteiger partial charge in [-0.15, -0.1) is 10.2 Å². The van der Waals surface area contributed by atoms with Crippen LogP contribution >= 0.6 is 23.2 Å². The maximum Gasteiger partial charge on any atom is 0.409 e. The topological polar surface area (TPSA) is 103 Å². The fourth-order valence-electron chi connectivity index (χ4n) is 1.26. The molecule has 1 heterocycles. The number of carbonyl (C=O) groups excluding carboxylic acids is 1. The molecular weight excluding hydrogens is 293 g/mol. The minimum absolute atomic E-state index is 0.0450. The molecule has 1 aromatic carbocycles. The lowest BCUT2D eigenvalue weighted by Crippen LogP contribution is -2.16. The summed E-state index contributed by atoms with van der Waals surface area (Å²) in [6, 6.07) is 6.48. The van der Waals surface area contributed by atoms with E-state index in [2.05, 4.69) is 20.5 Å². The SMILES string of the molecule is NC(=O)Oc1cccc(Nc2nc(Cl)nnc2Cl)c1. The Morgan fingerprint density at radius 1 is 1.32 bits per heavy atom. The highest BCUT2D eigenvalue weighted by atomic mass is 35.5. The maximum absolute atomic E-state index is 10.6. The van der Waals surface area contributed by atoms with Crippen LogP contribution in [0.5, 0.6) is 5.75 Å². The van der Waals surface area contributed by atoms with Crippen LogP contribution in [0.2, 0.25) is 10.4 Å². The van der Waals surface area contributed by atoms with Crippen molar-refractivity contribution in [3.8, 4) is 5.75 Å². The van der Waals surface area contributed by atoms with Crippen LogP contribution in [0.4, 0.5) is 16.3 Å². The van der Waals surface area contributed by atoms with Gasteiger partial charge in [-0.1, -0.05) is 17.7 Å². The van der Waals surface area contributed by atoms with Crippen LogP contribution in [0.3, 0.4) is 0 Å². The number of nitrogens with one attached hydrogen (secondary N) is 1. The number of nitrogens with zero attached hydrogens (tertiary/aromatic N) is 3. The summed E-state index contributed by atoms with van der Waals surface area (Å²) in [6.07, 6.45) is -0.901. The van der Waals surface area contributed by atoms with Gasteiger partial charge in [0, 0.05) is 11.8 Å². The van der Waals surface area contributed by atoms with Gasteiger partial charge in [0.25, 0.3) is 0 Å². The fraction of sp³-hybridized carbons (Fsp3) is 0. The highest BCUT2D eigenvalue weighted by Gasteiger charge is 2.07. The van der Waals surface area contributed by atoms with Gasteiger partial charge >= 0.3 is 6.09 Å². The number of aromatic nitrogens is 3. The van der Waals surface area contributed by atoms with Gasteiger partial charge in [0.05, 0.1) is 0 Å². The smallest absolute Gasteiger partial charge is 0.409 e. The van der Waals surface area contributed by atoms with E-state index in [1.807, 2.05) is 0 Å². The molecule has 2 aromatic rings. The number of hydrogen-bond acceptors (Lipinski definition) is 6. The number of benzene rings is 1. The Bertz CT molecular complexity index is 623. The molecule has 9 heteroatoms. The highest BCUT2D eigenvalue weighted by molar-refractivity contribution is 6.32. The number of carbonyl (C=O) groups is 1. The van der Waals surface area contributed by atoms with E-state index in [4.69, 9.17) is 33.7 Å². The molecular formula is C10H7Cl2N5O2. The van der Waals surface area contributed by atoms with Crippen molar-refractivity contribution in [3.63, 3.8) is 0 Å². The number of ether oxygens (including phenoxy) is 1. The number of primary amides is 1. The molecule has 0 unspecified atom stereocenters. The summed E-state index contributed by atoms with van der Waals surface area (Å²) in [7, 11) is 0. The Labute approximate surface area is 117 Å². The molecule has 3 N–H and O–H groups in total. The molecule has 7 nitrogen and oxygen atoms in total. The average Bonchev–Trinajstić information content (AvgIpc) is 2.33. The molecule has 1 aromatic heterocycles. The quantitative estimate of drug-likeness (QED) is 0.902. The largest absolute Gasteiger partial charge is 0.410 e. The van der Waals surface area contributed by atoms with Gasteiger partial charge in [0.2, 0.25) is 5.28 Å². The Hall–Kier alpha value is -2.12. The van der Waals surface area contributed by atoms with Gasteiger partial charge < -0.3 is 15.8 Å². The van der Waals surface area contributed by atoms with Crippen molar-refractivity contribution in [2.75, 3.05) is 5.32 Å². The molecule has 0 spiro atoms. The summed E-state index contributed by atoms with van der Waals surface area (Å²) in [5.41, 5.74) is 5.49. The number of halogens is 2. The van der Waals surface area contributed by atoms with Crippen molar-refractivity contribution in [1.82, 2.24) is 15.2 Å². The zero-order valence-corrected chi connectivity index (χ0v) is 10.8. The summed E-state index contributed by atoms with van der Waals surface area (Å²) in [4.78, 5) is 14.5. The summed E-state index contributed by atoms with van der Waals surface area (Å²) in [5.74, 6) is 0.514. The predicted molar refractivity (Wildman–Crippen MR) is 69.8 cm³/mol. The van der Waals surface area contributed by atoms with Crippen LogP contribution in [0.1, 0.15) is 0 Å². The van der Waals surface area contributed by atoms with Crippen molar-refractivity contribution in [2.45, 2.75) is 0 Å². The van der Waals surface area contributed by atoms with E-state index in [9.17, 15) is 4.79 Å². The van der Waals surface area contributed by atoms with Crippen molar-refractivity contribution in [3.05, 3.63) is 34.7 Å². The summed E-state index contributed by atoms with van der Waals surface area (Å²) < 4.78 is 4.74. The number of amides is 1. The lowest BCUT2D eigenvalue weighted by atomic mass is 10.3. The van der Waals surface area contributed by atoms with E-state index >= 15 is 0 Å². The zero-order valence-electron chi connectivity index (χ0n) is 9.30. The van der Waals surface area contributed by atoms with Gasteiger partial charge in [-0.3, -0.25) is 0 Å². The molecule has 0 atom stereocenters. The maximum atomic E-state index is 10.6. The van der Waals surface area contributed by atoms with Crippen LogP contribution in [0.15, 0.2) is 24.3 Å². The zero-order chi connectivity index (χ0) is 13.8. The molecule has 0 saturated heterocycles. The van der Waals surface area contributed by atoms with E-state index < -0.39 is 6.09 Å². The molecule has 0 bridgehead atoms. The second kappa shape index (κ2) is 5.68. The van der Waals surface area contributed by atoms with Gasteiger partial charge in [-0.25, -0.2) is 4.79 Å². The second-order valence-corrected chi connectivity index (χ2v) is 3.99. The molecule has 0 aliphatic carbocycles. The molecule has 19 heavy (non-hydrogen) atoms. The molecule has 98 valence electrons. The van der Waals surface area contributed by atoms with E-state index in [0.717, 1.165) is 0 Å². The fourth-order valence-corrected chi connectivity index (χ4v) is 1.51. The number of anilines is 2. The lowest BCUT2D eigenvalue weighted by Gasteiger charge is -2.07. The molecule has 0 saturated carbocycles. The summed E-state index contributed by atoms with van der Waals surface area (Å²) in [6.45, 7) is 0. The van der Waals surface area contributed by atoms with Gasteiger partial charge in [-0.05, 0) is 23.7 Å². The highest BCUT2D eigenvalue weighted by Crippen LogP contribution is 2.24. The van der Waals surface area contributed by atoms with E-state index in [1.54, 1.807) is 18.2 Å². The lowest BCUT2D eigenvalue weighted by molar-refractivity contribution is 0.211.